The lowest BCUT2D eigenvalue weighted by molar-refractivity contribution is 0.575. The zero-order valence-corrected chi connectivity index (χ0v) is 10.5. The fraction of sp³-hybridized carbons (Fsp3) is 0.200. The number of hydrogen-bond donors (Lipinski definition) is 1. The Morgan fingerprint density at radius 2 is 1.58 bits per heavy atom. The van der Waals surface area contributed by atoms with Crippen LogP contribution < -0.4 is 5.73 Å². The second-order valence-electron chi connectivity index (χ2n) is 4.59. The molecule has 0 aliphatic rings. The standard InChI is InChI=1S/C15H14F3N/c1-9-2-3-11(16)8-14(9)15(19)6-10-4-12(17)7-13(18)5-10/h2-5,7-8,15H,6,19H2,1H3. The van der Waals surface area contributed by atoms with Gasteiger partial charge in [0.05, 0.1) is 0 Å². The molecule has 0 saturated heterocycles. The molecule has 2 rings (SSSR count). The van der Waals surface area contributed by atoms with Gasteiger partial charge in [-0.3, -0.25) is 0 Å². The molecule has 2 N–H and O–H groups in total. The van der Waals surface area contributed by atoms with Crippen molar-refractivity contribution in [2.24, 2.45) is 5.73 Å². The maximum atomic E-state index is 13.2. The average Bonchev–Trinajstić information content (AvgIpc) is 2.30. The largest absolute Gasteiger partial charge is 0.324 e. The fourth-order valence-electron chi connectivity index (χ4n) is 2.10. The molecular weight excluding hydrogens is 251 g/mol. The zero-order chi connectivity index (χ0) is 14.0. The predicted molar refractivity (Wildman–Crippen MR) is 68.1 cm³/mol. The van der Waals surface area contributed by atoms with Gasteiger partial charge in [-0.05, 0) is 54.3 Å². The fourth-order valence-corrected chi connectivity index (χ4v) is 2.10. The van der Waals surface area contributed by atoms with Gasteiger partial charge < -0.3 is 5.73 Å². The molecule has 0 saturated carbocycles. The highest BCUT2D eigenvalue weighted by atomic mass is 19.1. The van der Waals surface area contributed by atoms with Crippen LogP contribution in [0.15, 0.2) is 36.4 Å². The van der Waals surface area contributed by atoms with Gasteiger partial charge >= 0.3 is 0 Å². The molecule has 0 aliphatic heterocycles. The van der Waals surface area contributed by atoms with E-state index in [1.807, 2.05) is 6.92 Å². The highest BCUT2D eigenvalue weighted by molar-refractivity contribution is 5.31. The monoisotopic (exact) mass is 265 g/mol. The van der Waals surface area contributed by atoms with Crippen molar-refractivity contribution < 1.29 is 13.2 Å². The molecule has 0 aliphatic carbocycles. The van der Waals surface area contributed by atoms with E-state index in [2.05, 4.69) is 0 Å². The van der Waals surface area contributed by atoms with Gasteiger partial charge in [0.15, 0.2) is 0 Å². The summed E-state index contributed by atoms with van der Waals surface area (Å²) in [7, 11) is 0. The number of halogens is 3. The van der Waals surface area contributed by atoms with Gasteiger partial charge in [-0.25, -0.2) is 13.2 Å². The number of nitrogens with two attached hydrogens (primary N) is 1. The van der Waals surface area contributed by atoms with E-state index in [-0.39, 0.29) is 12.2 Å². The molecule has 4 heteroatoms. The summed E-state index contributed by atoms with van der Waals surface area (Å²) >= 11 is 0. The van der Waals surface area contributed by atoms with Crippen molar-refractivity contribution in [2.75, 3.05) is 0 Å². The summed E-state index contributed by atoms with van der Waals surface area (Å²) in [6.07, 6.45) is 0.249. The first-order valence-electron chi connectivity index (χ1n) is 5.92. The van der Waals surface area contributed by atoms with Crippen LogP contribution in [0, 0.1) is 24.4 Å². The van der Waals surface area contributed by atoms with E-state index < -0.39 is 17.7 Å². The minimum Gasteiger partial charge on any atom is -0.324 e. The Balaban J connectivity index is 2.25. The number of rotatable bonds is 3. The highest BCUT2D eigenvalue weighted by Gasteiger charge is 2.12. The van der Waals surface area contributed by atoms with E-state index >= 15 is 0 Å². The summed E-state index contributed by atoms with van der Waals surface area (Å²) in [5.41, 5.74) is 7.93. The zero-order valence-electron chi connectivity index (χ0n) is 10.5. The Morgan fingerprint density at radius 3 is 2.21 bits per heavy atom. The minimum atomic E-state index is -0.641. The van der Waals surface area contributed by atoms with Crippen molar-refractivity contribution in [1.82, 2.24) is 0 Å². The third kappa shape index (κ3) is 3.35. The molecule has 1 atom stereocenters. The van der Waals surface area contributed by atoms with Crippen molar-refractivity contribution in [3.8, 4) is 0 Å². The molecule has 0 heterocycles. The SMILES string of the molecule is Cc1ccc(F)cc1C(N)Cc1cc(F)cc(F)c1. The van der Waals surface area contributed by atoms with Crippen LogP contribution in [0.3, 0.4) is 0 Å². The molecular formula is C15H14F3N. The van der Waals surface area contributed by atoms with E-state index in [4.69, 9.17) is 5.73 Å². The van der Waals surface area contributed by atoms with Crippen molar-refractivity contribution in [1.29, 1.82) is 0 Å². The van der Waals surface area contributed by atoms with Crippen LogP contribution in [0.4, 0.5) is 13.2 Å². The summed E-state index contributed by atoms with van der Waals surface area (Å²) in [5, 5.41) is 0. The Labute approximate surface area is 109 Å². The molecule has 1 nitrogen and oxygen atoms in total. The van der Waals surface area contributed by atoms with Gasteiger partial charge in [0.25, 0.3) is 0 Å². The number of aryl methyl sites for hydroxylation is 1. The first-order chi connectivity index (χ1) is 8.95. The van der Waals surface area contributed by atoms with Gasteiger partial charge in [-0.15, -0.1) is 0 Å². The van der Waals surface area contributed by atoms with Crippen LogP contribution in [-0.4, -0.2) is 0 Å². The first kappa shape index (κ1) is 13.6. The first-order valence-corrected chi connectivity index (χ1v) is 5.92. The van der Waals surface area contributed by atoms with Crippen LogP contribution in [0.2, 0.25) is 0 Å². The topological polar surface area (TPSA) is 26.0 Å². The molecule has 19 heavy (non-hydrogen) atoms. The second kappa shape index (κ2) is 5.45. The average molecular weight is 265 g/mol. The Kier molecular flexibility index (Phi) is 3.90. The van der Waals surface area contributed by atoms with Gasteiger partial charge in [0.2, 0.25) is 0 Å². The minimum absolute atomic E-state index is 0.249. The highest BCUT2D eigenvalue weighted by Crippen LogP contribution is 2.21. The van der Waals surface area contributed by atoms with Crippen LogP contribution in [0.25, 0.3) is 0 Å². The van der Waals surface area contributed by atoms with Crippen molar-refractivity contribution >= 4 is 0 Å². The summed E-state index contributed by atoms with van der Waals surface area (Å²) in [6, 6.07) is 7.12. The van der Waals surface area contributed by atoms with Crippen molar-refractivity contribution in [3.63, 3.8) is 0 Å². The normalized spacial score (nSPS) is 12.5. The molecule has 0 fully saturated rings. The lowest BCUT2D eigenvalue weighted by atomic mass is 9.96. The summed E-state index contributed by atoms with van der Waals surface area (Å²) in [4.78, 5) is 0. The molecule has 100 valence electrons. The molecule has 0 spiro atoms. The molecule has 0 bridgehead atoms. The van der Waals surface area contributed by atoms with Crippen molar-refractivity contribution in [2.45, 2.75) is 19.4 Å². The van der Waals surface area contributed by atoms with E-state index in [1.165, 1.54) is 24.3 Å². The van der Waals surface area contributed by atoms with E-state index in [0.717, 1.165) is 11.6 Å². The molecule has 0 amide bonds. The lowest BCUT2D eigenvalue weighted by Gasteiger charge is -2.15. The predicted octanol–water partition coefficient (Wildman–Crippen LogP) is 3.65. The summed E-state index contributed by atoms with van der Waals surface area (Å²) in [6.45, 7) is 1.82. The van der Waals surface area contributed by atoms with Crippen LogP contribution in [-0.2, 0) is 6.42 Å². The molecule has 2 aromatic carbocycles. The quantitative estimate of drug-likeness (QED) is 0.900. The summed E-state index contributed by atoms with van der Waals surface area (Å²) < 4.78 is 39.4. The Morgan fingerprint density at radius 1 is 0.947 bits per heavy atom. The van der Waals surface area contributed by atoms with Crippen molar-refractivity contribution in [3.05, 3.63) is 70.5 Å². The smallest absolute Gasteiger partial charge is 0.126 e. The third-order valence-corrected chi connectivity index (χ3v) is 3.02. The third-order valence-electron chi connectivity index (χ3n) is 3.02. The molecule has 0 aromatic heterocycles. The van der Waals surface area contributed by atoms with Crippen LogP contribution in [0.1, 0.15) is 22.7 Å². The van der Waals surface area contributed by atoms with E-state index in [0.29, 0.717) is 11.1 Å². The van der Waals surface area contributed by atoms with Gasteiger partial charge in [-0.1, -0.05) is 6.07 Å². The number of benzene rings is 2. The van der Waals surface area contributed by atoms with Gasteiger partial charge in [0.1, 0.15) is 17.5 Å². The van der Waals surface area contributed by atoms with E-state index in [1.54, 1.807) is 6.07 Å². The molecule has 0 radical (unpaired) electrons. The molecule has 1 unspecified atom stereocenters. The number of hydrogen-bond acceptors (Lipinski definition) is 1. The second-order valence-corrected chi connectivity index (χ2v) is 4.59. The van der Waals surface area contributed by atoms with Crippen LogP contribution >= 0.6 is 0 Å². The Bertz CT molecular complexity index is 576. The maximum Gasteiger partial charge on any atom is 0.126 e. The lowest BCUT2D eigenvalue weighted by Crippen LogP contribution is -2.15. The summed E-state index contributed by atoms with van der Waals surface area (Å²) in [5.74, 6) is -1.65. The maximum absolute atomic E-state index is 13.2. The van der Waals surface area contributed by atoms with Gasteiger partial charge in [0, 0.05) is 12.1 Å². The van der Waals surface area contributed by atoms with E-state index in [9.17, 15) is 13.2 Å². The molecule has 2 aromatic rings. The van der Waals surface area contributed by atoms with Gasteiger partial charge in [-0.2, -0.15) is 0 Å². The Hall–Kier alpha value is -1.81. The van der Waals surface area contributed by atoms with Crippen LogP contribution in [0.5, 0.6) is 0 Å².